The first kappa shape index (κ1) is 19.1. The molecule has 0 radical (unpaired) electrons. The Morgan fingerprint density at radius 1 is 1.35 bits per heavy atom. The van der Waals surface area contributed by atoms with Crippen molar-refractivity contribution in [1.82, 2.24) is 4.90 Å². The van der Waals surface area contributed by atoms with E-state index in [0.717, 1.165) is 34.8 Å². The van der Waals surface area contributed by atoms with Gasteiger partial charge >= 0.3 is 0 Å². The van der Waals surface area contributed by atoms with E-state index in [1.54, 1.807) is 11.3 Å². The largest absolute Gasteiger partial charge is 0.331 e. The zero-order chi connectivity index (χ0) is 19.1. The maximum absolute atomic E-state index is 13.2. The number of nitrogens with zero attached hydrogens (tertiary/aromatic N) is 1. The Bertz CT molecular complexity index is 829. The fourth-order valence-corrected chi connectivity index (χ4v) is 5.22. The highest BCUT2D eigenvalue weighted by Crippen LogP contribution is 2.38. The third kappa shape index (κ3) is 3.58. The zero-order valence-corrected chi connectivity index (χ0v) is 17.6. The van der Waals surface area contributed by atoms with Crippen molar-refractivity contribution in [3.63, 3.8) is 0 Å². The van der Waals surface area contributed by atoms with Crippen LogP contribution in [-0.2, 0) is 11.2 Å². The number of amides is 2. The Balaban J connectivity index is 1.83. The number of anilines is 1. The predicted molar refractivity (Wildman–Crippen MR) is 109 cm³/mol. The molecule has 3 rings (SSSR count). The lowest BCUT2D eigenvalue weighted by molar-refractivity contribution is -0.123. The van der Waals surface area contributed by atoms with E-state index in [4.69, 9.17) is 0 Å². The van der Waals surface area contributed by atoms with Crippen LogP contribution < -0.4 is 5.32 Å². The lowest BCUT2D eigenvalue weighted by atomic mass is 9.96. The fourth-order valence-electron chi connectivity index (χ4n) is 3.27. The summed E-state index contributed by atoms with van der Waals surface area (Å²) in [6, 6.07) is 4.21. The molecule has 140 valence electrons. The number of fused-ring (bicyclic) bond motifs is 1. The molecule has 0 fully saturated rings. The second-order valence-corrected chi connectivity index (χ2v) is 9.85. The van der Waals surface area contributed by atoms with Gasteiger partial charge in [-0.15, -0.1) is 22.7 Å². The Morgan fingerprint density at radius 2 is 2.08 bits per heavy atom. The molecule has 1 N–H and O–H groups in total. The molecule has 6 heteroatoms. The van der Waals surface area contributed by atoms with Gasteiger partial charge in [0.1, 0.15) is 0 Å². The fraction of sp³-hybridized carbons (Fsp3) is 0.500. The monoisotopic (exact) mass is 390 g/mol. The molecule has 3 heterocycles. The van der Waals surface area contributed by atoms with Gasteiger partial charge in [0.15, 0.2) is 0 Å². The molecule has 2 amide bonds. The van der Waals surface area contributed by atoms with Gasteiger partial charge in [0, 0.05) is 16.8 Å². The molecule has 0 saturated heterocycles. The van der Waals surface area contributed by atoms with E-state index in [-0.39, 0.29) is 17.9 Å². The van der Waals surface area contributed by atoms with Gasteiger partial charge in [-0.3, -0.25) is 9.59 Å². The molecule has 0 aromatic carbocycles. The van der Waals surface area contributed by atoms with Gasteiger partial charge in [0.05, 0.1) is 15.9 Å². The average molecular weight is 391 g/mol. The number of thiophene rings is 2. The quantitative estimate of drug-likeness (QED) is 0.778. The van der Waals surface area contributed by atoms with Gasteiger partial charge < -0.3 is 10.2 Å². The minimum Gasteiger partial charge on any atom is -0.331 e. The van der Waals surface area contributed by atoms with Crippen molar-refractivity contribution in [2.75, 3.05) is 11.9 Å². The van der Waals surface area contributed by atoms with Crippen LogP contribution in [-0.4, -0.2) is 23.3 Å². The Hall–Kier alpha value is -1.66. The maximum atomic E-state index is 13.2. The lowest BCUT2D eigenvalue weighted by Gasteiger charge is -2.35. The van der Waals surface area contributed by atoms with Gasteiger partial charge in [-0.05, 0) is 48.4 Å². The van der Waals surface area contributed by atoms with Crippen LogP contribution in [0.2, 0.25) is 0 Å². The van der Waals surface area contributed by atoms with Crippen LogP contribution in [0.15, 0.2) is 17.5 Å². The molecule has 0 spiro atoms. The number of rotatable bonds is 3. The van der Waals surface area contributed by atoms with E-state index in [2.05, 4.69) is 23.7 Å². The summed E-state index contributed by atoms with van der Waals surface area (Å²) in [5.41, 5.74) is 1.76. The van der Waals surface area contributed by atoms with Crippen molar-refractivity contribution in [2.24, 2.45) is 5.41 Å². The van der Waals surface area contributed by atoms with Crippen LogP contribution in [0.5, 0.6) is 0 Å². The first-order chi connectivity index (χ1) is 12.2. The summed E-state index contributed by atoms with van der Waals surface area (Å²) in [6.07, 6.45) is 1.83. The SMILES string of the molecule is CC[C@@H]1c2ccsc2CCN1C(=O)c1sc(NC(=O)C(C)(C)C)cc1C. The number of nitrogens with one attached hydrogen (secondary N) is 1. The zero-order valence-electron chi connectivity index (χ0n) is 16.0. The van der Waals surface area contributed by atoms with Crippen LogP contribution in [0.4, 0.5) is 5.00 Å². The number of hydrogen-bond acceptors (Lipinski definition) is 4. The smallest absolute Gasteiger partial charge is 0.264 e. The number of carbonyl (C=O) groups is 2. The second kappa shape index (κ2) is 7.16. The molecule has 1 atom stereocenters. The second-order valence-electron chi connectivity index (χ2n) is 7.80. The van der Waals surface area contributed by atoms with E-state index in [9.17, 15) is 9.59 Å². The molecular weight excluding hydrogens is 364 g/mol. The lowest BCUT2D eigenvalue weighted by Crippen LogP contribution is -2.39. The summed E-state index contributed by atoms with van der Waals surface area (Å²) in [7, 11) is 0. The van der Waals surface area contributed by atoms with Crippen LogP contribution in [0.1, 0.15) is 65.8 Å². The molecule has 1 aliphatic rings. The van der Waals surface area contributed by atoms with E-state index >= 15 is 0 Å². The van der Waals surface area contributed by atoms with Gasteiger partial charge in [0.2, 0.25) is 5.91 Å². The average Bonchev–Trinajstić information content (AvgIpc) is 3.18. The van der Waals surface area contributed by atoms with Crippen molar-refractivity contribution in [1.29, 1.82) is 0 Å². The minimum atomic E-state index is -0.461. The molecular formula is C20H26N2O2S2. The standard InChI is InChI=1S/C20H26N2O2S2/c1-6-14-13-8-10-25-15(13)7-9-22(14)18(23)17-12(2)11-16(26-17)21-19(24)20(3,4)5/h8,10-11,14H,6-7,9H2,1-5H3,(H,21,24)/t14-/m1/s1. The van der Waals surface area contributed by atoms with Crippen LogP contribution in [0, 0.1) is 12.3 Å². The summed E-state index contributed by atoms with van der Waals surface area (Å²) in [5, 5.41) is 5.81. The topological polar surface area (TPSA) is 49.4 Å². The Morgan fingerprint density at radius 3 is 2.73 bits per heavy atom. The van der Waals surface area contributed by atoms with Crippen molar-refractivity contribution >= 4 is 39.5 Å². The van der Waals surface area contributed by atoms with E-state index in [0.29, 0.717) is 0 Å². The molecule has 0 bridgehead atoms. The molecule has 2 aromatic heterocycles. The summed E-state index contributed by atoms with van der Waals surface area (Å²) >= 11 is 3.17. The van der Waals surface area contributed by atoms with Gasteiger partial charge in [-0.2, -0.15) is 0 Å². The molecule has 26 heavy (non-hydrogen) atoms. The summed E-state index contributed by atoms with van der Waals surface area (Å²) in [4.78, 5) is 29.6. The molecule has 0 saturated carbocycles. The van der Waals surface area contributed by atoms with Crippen molar-refractivity contribution in [3.05, 3.63) is 38.4 Å². The summed E-state index contributed by atoms with van der Waals surface area (Å²) < 4.78 is 0. The molecule has 1 aliphatic heterocycles. The Labute approximate surface area is 163 Å². The van der Waals surface area contributed by atoms with Crippen LogP contribution in [0.3, 0.4) is 0 Å². The molecule has 2 aromatic rings. The highest BCUT2D eigenvalue weighted by atomic mass is 32.1. The predicted octanol–water partition coefficient (Wildman–Crippen LogP) is 5.25. The Kier molecular flexibility index (Phi) is 5.26. The first-order valence-electron chi connectivity index (χ1n) is 9.01. The van der Waals surface area contributed by atoms with Crippen LogP contribution >= 0.6 is 22.7 Å². The third-order valence-corrected chi connectivity index (χ3v) is 6.91. The maximum Gasteiger partial charge on any atom is 0.264 e. The van der Waals surface area contributed by atoms with Crippen molar-refractivity contribution < 1.29 is 9.59 Å². The van der Waals surface area contributed by atoms with Crippen molar-refractivity contribution in [2.45, 2.75) is 53.5 Å². The highest BCUT2D eigenvalue weighted by Gasteiger charge is 2.32. The first-order valence-corrected chi connectivity index (χ1v) is 10.7. The van der Waals surface area contributed by atoms with Gasteiger partial charge in [0.25, 0.3) is 5.91 Å². The summed E-state index contributed by atoms with van der Waals surface area (Å²) in [6.45, 7) is 10.5. The summed E-state index contributed by atoms with van der Waals surface area (Å²) in [5.74, 6) is 0.0394. The van der Waals surface area contributed by atoms with Gasteiger partial charge in [-0.1, -0.05) is 27.7 Å². The van der Waals surface area contributed by atoms with E-state index < -0.39 is 5.41 Å². The number of aryl methyl sites for hydroxylation is 1. The third-order valence-electron chi connectivity index (χ3n) is 4.77. The number of hydrogen-bond donors (Lipinski definition) is 1. The molecule has 0 aliphatic carbocycles. The minimum absolute atomic E-state index is 0.0370. The normalized spacial score (nSPS) is 17.1. The van der Waals surface area contributed by atoms with E-state index in [1.807, 2.05) is 38.7 Å². The molecule has 4 nitrogen and oxygen atoms in total. The highest BCUT2D eigenvalue weighted by molar-refractivity contribution is 7.18. The van der Waals surface area contributed by atoms with E-state index in [1.165, 1.54) is 21.8 Å². The molecule has 0 unspecified atom stereocenters. The van der Waals surface area contributed by atoms with Crippen LogP contribution in [0.25, 0.3) is 0 Å². The number of carbonyl (C=O) groups excluding carboxylic acids is 2. The van der Waals surface area contributed by atoms with Gasteiger partial charge in [-0.25, -0.2) is 0 Å². The van der Waals surface area contributed by atoms with Crippen molar-refractivity contribution in [3.8, 4) is 0 Å².